The highest BCUT2D eigenvalue weighted by Gasteiger charge is 2.18. The van der Waals surface area contributed by atoms with Gasteiger partial charge >= 0.3 is 0 Å². The fraction of sp³-hybridized carbons (Fsp3) is 0.476. The Kier molecular flexibility index (Phi) is 5.92. The van der Waals surface area contributed by atoms with E-state index in [2.05, 4.69) is 59.8 Å². The smallest absolute Gasteiger partial charge is 0.234 e. The largest absolute Gasteiger partial charge is 0.348 e. The number of amides is 1. The van der Waals surface area contributed by atoms with E-state index < -0.39 is 0 Å². The van der Waals surface area contributed by atoms with Crippen LogP contribution in [0.1, 0.15) is 60.3 Å². The summed E-state index contributed by atoms with van der Waals surface area (Å²) < 4.78 is 0. The number of carbonyl (C=O) groups is 1. The van der Waals surface area contributed by atoms with Crippen LogP contribution in [0.4, 0.5) is 0 Å². The lowest BCUT2D eigenvalue weighted by Crippen LogP contribution is -2.37. The first-order chi connectivity index (χ1) is 12.0. The van der Waals surface area contributed by atoms with Crippen LogP contribution in [0.2, 0.25) is 0 Å². The van der Waals surface area contributed by atoms with Gasteiger partial charge in [-0.1, -0.05) is 24.3 Å². The average molecular weight is 357 g/mol. The Balaban J connectivity index is 1.57. The molecule has 2 atom stereocenters. The number of benzene rings is 1. The Morgan fingerprint density at radius 3 is 2.68 bits per heavy atom. The minimum atomic E-state index is 0.0465. The van der Waals surface area contributed by atoms with E-state index in [1.165, 1.54) is 47.3 Å². The lowest BCUT2D eigenvalue weighted by Gasteiger charge is -2.25. The number of rotatable bonds is 6. The Morgan fingerprint density at radius 2 is 1.96 bits per heavy atom. The normalized spacial score (nSPS) is 16.3. The molecule has 134 valence electrons. The molecule has 0 saturated carbocycles. The van der Waals surface area contributed by atoms with Gasteiger partial charge in [-0.15, -0.1) is 11.3 Å². The molecular weight excluding hydrogens is 328 g/mol. The predicted molar refractivity (Wildman–Crippen MR) is 105 cm³/mol. The van der Waals surface area contributed by atoms with Gasteiger partial charge in [0.25, 0.3) is 0 Å². The van der Waals surface area contributed by atoms with Crippen LogP contribution in [-0.4, -0.2) is 24.4 Å². The molecule has 0 fully saturated rings. The van der Waals surface area contributed by atoms with Crippen molar-refractivity contribution in [3.63, 3.8) is 0 Å². The lowest BCUT2D eigenvalue weighted by molar-refractivity contribution is -0.123. The van der Waals surface area contributed by atoms with Gasteiger partial charge in [-0.3, -0.25) is 9.69 Å². The zero-order valence-electron chi connectivity index (χ0n) is 15.4. The van der Waals surface area contributed by atoms with E-state index in [0.717, 1.165) is 0 Å². The van der Waals surface area contributed by atoms with E-state index in [9.17, 15) is 4.79 Å². The number of hydrogen-bond donors (Lipinski definition) is 1. The second kappa shape index (κ2) is 8.15. The van der Waals surface area contributed by atoms with Gasteiger partial charge in [0.1, 0.15) is 0 Å². The van der Waals surface area contributed by atoms with Crippen molar-refractivity contribution >= 4 is 17.2 Å². The number of nitrogens with one attached hydrogen (secondary N) is 1. The number of nitrogens with zero attached hydrogens (tertiary/aromatic N) is 1. The average Bonchev–Trinajstić information content (AvgIpc) is 3.15. The molecule has 2 unspecified atom stereocenters. The highest BCUT2D eigenvalue weighted by atomic mass is 32.1. The second-order valence-corrected chi connectivity index (χ2v) is 8.11. The summed E-state index contributed by atoms with van der Waals surface area (Å²) in [6, 6.07) is 11.2. The minimum absolute atomic E-state index is 0.0465. The SMILES string of the molecule is CC(NC(=O)CN(C)C(C)c1cccs1)c1ccc2c(c1)CCCC2. The summed E-state index contributed by atoms with van der Waals surface area (Å²) in [5.41, 5.74) is 4.16. The van der Waals surface area contributed by atoms with Crippen molar-refractivity contribution in [1.82, 2.24) is 10.2 Å². The summed E-state index contributed by atoms with van der Waals surface area (Å²) in [6.45, 7) is 4.63. The number of thiophene rings is 1. The molecule has 2 aromatic rings. The Labute approximate surface area is 155 Å². The molecule has 1 N–H and O–H groups in total. The number of carbonyl (C=O) groups excluding carboxylic acids is 1. The molecule has 0 saturated heterocycles. The van der Waals surface area contributed by atoms with Crippen LogP contribution in [-0.2, 0) is 17.6 Å². The van der Waals surface area contributed by atoms with Crippen molar-refractivity contribution in [2.24, 2.45) is 0 Å². The Bertz CT molecular complexity index is 711. The van der Waals surface area contributed by atoms with Gasteiger partial charge in [-0.25, -0.2) is 0 Å². The molecule has 0 spiro atoms. The molecule has 1 aromatic carbocycles. The van der Waals surface area contributed by atoms with E-state index in [1.807, 2.05) is 7.05 Å². The summed E-state index contributed by atoms with van der Waals surface area (Å²) >= 11 is 1.74. The number of likely N-dealkylation sites (N-methyl/N-ethyl adjacent to an activating group) is 1. The first kappa shape index (κ1) is 18.2. The highest BCUT2D eigenvalue weighted by Crippen LogP contribution is 2.25. The number of hydrogen-bond acceptors (Lipinski definition) is 3. The van der Waals surface area contributed by atoms with Crippen LogP contribution in [0.5, 0.6) is 0 Å². The summed E-state index contributed by atoms with van der Waals surface area (Å²) in [7, 11) is 2.01. The van der Waals surface area contributed by atoms with Gasteiger partial charge < -0.3 is 5.32 Å². The third-order valence-corrected chi connectivity index (χ3v) is 6.30. The van der Waals surface area contributed by atoms with Crippen LogP contribution in [0.25, 0.3) is 0 Å². The fourth-order valence-electron chi connectivity index (χ4n) is 3.50. The maximum atomic E-state index is 12.5. The Morgan fingerprint density at radius 1 is 1.20 bits per heavy atom. The fourth-order valence-corrected chi connectivity index (χ4v) is 4.35. The maximum Gasteiger partial charge on any atom is 0.234 e. The van der Waals surface area contributed by atoms with Crippen LogP contribution in [0.3, 0.4) is 0 Å². The van der Waals surface area contributed by atoms with E-state index in [0.29, 0.717) is 6.54 Å². The molecule has 1 aromatic heterocycles. The predicted octanol–water partition coefficient (Wildman–Crippen LogP) is 4.50. The van der Waals surface area contributed by atoms with Crippen molar-refractivity contribution in [2.45, 2.75) is 51.6 Å². The molecule has 0 radical (unpaired) electrons. The quantitative estimate of drug-likeness (QED) is 0.827. The van der Waals surface area contributed by atoms with Crippen LogP contribution in [0, 0.1) is 0 Å². The zero-order valence-corrected chi connectivity index (χ0v) is 16.2. The van der Waals surface area contributed by atoms with Crippen LogP contribution >= 0.6 is 11.3 Å². The topological polar surface area (TPSA) is 32.3 Å². The zero-order chi connectivity index (χ0) is 17.8. The van der Waals surface area contributed by atoms with Gasteiger partial charge in [0.2, 0.25) is 5.91 Å². The molecule has 4 heteroatoms. The molecule has 1 aliphatic rings. The van der Waals surface area contributed by atoms with Crippen molar-refractivity contribution in [1.29, 1.82) is 0 Å². The van der Waals surface area contributed by atoms with Gasteiger partial charge in [0.15, 0.2) is 0 Å². The molecule has 25 heavy (non-hydrogen) atoms. The van der Waals surface area contributed by atoms with Crippen molar-refractivity contribution in [3.8, 4) is 0 Å². The maximum absolute atomic E-state index is 12.5. The molecule has 0 aliphatic heterocycles. The standard InChI is InChI=1S/C21H28N2OS/c1-15(18-11-10-17-7-4-5-8-19(17)13-18)22-21(24)14-23(3)16(2)20-9-6-12-25-20/h6,9-13,15-16H,4-5,7-8,14H2,1-3H3,(H,22,24). The molecular formula is C21H28N2OS. The third kappa shape index (κ3) is 4.50. The van der Waals surface area contributed by atoms with E-state index >= 15 is 0 Å². The summed E-state index contributed by atoms with van der Waals surface area (Å²) in [4.78, 5) is 15.8. The molecule has 3 nitrogen and oxygen atoms in total. The van der Waals surface area contributed by atoms with Gasteiger partial charge in [0, 0.05) is 10.9 Å². The summed E-state index contributed by atoms with van der Waals surface area (Å²) in [6.07, 6.45) is 4.95. The van der Waals surface area contributed by atoms with Crippen molar-refractivity contribution < 1.29 is 4.79 Å². The van der Waals surface area contributed by atoms with Gasteiger partial charge in [-0.05, 0) is 74.7 Å². The molecule has 1 aliphatic carbocycles. The monoisotopic (exact) mass is 356 g/mol. The molecule has 3 rings (SSSR count). The second-order valence-electron chi connectivity index (χ2n) is 7.13. The van der Waals surface area contributed by atoms with Crippen molar-refractivity contribution in [2.75, 3.05) is 13.6 Å². The first-order valence-corrected chi connectivity index (χ1v) is 10.1. The molecule has 0 bridgehead atoms. The molecule has 1 amide bonds. The number of aryl methyl sites for hydroxylation is 2. The van der Waals surface area contributed by atoms with Crippen molar-refractivity contribution in [3.05, 3.63) is 57.3 Å². The third-order valence-electron chi connectivity index (χ3n) is 5.26. The van der Waals surface area contributed by atoms with Crippen LogP contribution < -0.4 is 5.32 Å². The van der Waals surface area contributed by atoms with Crippen LogP contribution in [0.15, 0.2) is 35.7 Å². The summed E-state index contributed by atoms with van der Waals surface area (Å²) in [5.74, 6) is 0.0797. The van der Waals surface area contributed by atoms with E-state index in [-0.39, 0.29) is 18.0 Å². The lowest BCUT2D eigenvalue weighted by atomic mass is 9.89. The highest BCUT2D eigenvalue weighted by molar-refractivity contribution is 7.10. The van der Waals surface area contributed by atoms with Gasteiger partial charge in [0.05, 0.1) is 12.6 Å². The van der Waals surface area contributed by atoms with E-state index in [4.69, 9.17) is 0 Å². The van der Waals surface area contributed by atoms with E-state index in [1.54, 1.807) is 11.3 Å². The minimum Gasteiger partial charge on any atom is -0.348 e. The Hall–Kier alpha value is -1.65. The molecule has 1 heterocycles. The summed E-state index contributed by atoms with van der Waals surface area (Å²) in [5, 5.41) is 5.24. The first-order valence-electron chi connectivity index (χ1n) is 9.19. The van der Waals surface area contributed by atoms with Gasteiger partial charge in [-0.2, -0.15) is 0 Å². The number of fused-ring (bicyclic) bond motifs is 1.